The predicted molar refractivity (Wildman–Crippen MR) is 170 cm³/mol. The Labute approximate surface area is 251 Å². The first-order valence-corrected chi connectivity index (χ1v) is 15.2. The minimum Gasteiger partial charge on any atom is -0.385 e. The summed E-state index contributed by atoms with van der Waals surface area (Å²) in [6.07, 6.45) is 3.74. The van der Waals surface area contributed by atoms with Crippen molar-refractivity contribution in [3.8, 4) is 5.69 Å². The van der Waals surface area contributed by atoms with Crippen molar-refractivity contribution in [2.24, 2.45) is 5.73 Å². The fourth-order valence-electron chi connectivity index (χ4n) is 6.40. The van der Waals surface area contributed by atoms with Gasteiger partial charge in [-0.15, -0.1) is 0 Å². The van der Waals surface area contributed by atoms with E-state index in [1.54, 1.807) is 11.7 Å². The Balaban J connectivity index is 1.10. The molecular formula is C34H40N6O3. The summed E-state index contributed by atoms with van der Waals surface area (Å²) in [6, 6.07) is 21.7. The van der Waals surface area contributed by atoms with Crippen LogP contribution in [0.2, 0.25) is 0 Å². The van der Waals surface area contributed by atoms with Crippen LogP contribution in [-0.2, 0) is 22.5 Å². The molecule has 0 spiro atoms. The van der Waals surface area contributed by atoms with Crippen LogP contribution in [0.25, 0.3) is 27.8 Å². The van der Waals surface area contributed by atoms with Crippen LogP contribution in [0.1, 0.15) is 48.6 Å². The third-order valence-electron chi connectivity index (χ3n) is 8.52. The van der Waals surface area contributed by atoms with Crippen LogP contribution in [0.3, 0.4) is 0 Å². The summed E-state index contributed by atoms with van der Waals surface area (Å²) in [5.41, 5.74) is 13.1. The van der Waals surface area contributed by atoms with Gasteiger partial charge >= 0.3 is 5.69 Å². The highest BCUT2D eigenvalue weighted by Crippen LogP contribution is 2.30. The minimum atomic E-state index is -0.296. The average Bonchev–Trinajstić information content (AvgIpc) is 3.54. The molecule has 5 aromatic rings. The average molecular weight is 581 g/mol. The number of piperidine rings is 1. The molecule has 1 fully saturated rings. The number of hydrogen-bond acceptors (Lipinski definition) is 5. The molecule has 9 heteroatoms. The second-order valence-electron chi connectivity index (χ2n) is 11.8. The maximum atomic E-state index is 13.4. The van der Waals surface area contributed by atoms with Crippen molar-refractivity contribution < 1.29 is 9.53 Å². The molecule has 3 N–H and O–H groups in total. The number of benzene rings is 3. The number of nitrogens with zero attached hydrogens (tertiary/aromatic N) is 4. The highest BCUT2D eigenvalue weighted by atomic mass is 16.5. The zero-order valence-electron chi connectivity index (χ0n) is 25.0. The highest BCUT2D eigenvalue weighted by molar-refractivity contribution is 5.79. The van der Waals surface area contributed by atoms with Crippen molar-refractivity contribution in [2.45, 2.75) is 57.5 Å². The van der Waals surface area contributed by atoms with Gasteiger partial charge in [0.1, 0.15) is 5.82 Å². The van der Waals surface area contributed by atoms with Gasteiger partial charge in [0.15, 0.2) is 0 Å². The molecular weight excluding hydrogens is 540 g/mol. The maximum absolute atomic E-state index is 13.4. The molecule has 0 unspecified atom stereocenters. The van der Waals surface area contributed by atoms with E-state index in [2.05, 4.69) is 27.8 Å². The van der Waals surface area contributed by atoms with Crippen molar-refractivity contribution in [3.05, 3.63) is 94.2 Å². The Hall–Kier alpha value is -4.21. The number of rotatable bonds is 10. The van der Waals surface area contributed by atoms with E-state index in [-0.39, 0.29) is 23.6 Å². The Morgan fingerprint density at radius 3 is 2.74 bits per heavy atom. The van der Waals surface area contributed by atoms with Crippen molar-refractivity contribution in [2.75, 3.05) is 26.8 Å². The number of methoxy groups -OCH3 is 1. The van der Waals surface area contributed by atoms with Crippen LogP contribution >= 0.6 is 0 Å². The van der Waals surface area contributed by atoms with Crippen LogP contribution in [0, 0.1) is 6.92 Å². The molecule has 0 bridgehead atoms. The second kappa shape index (κ2) is 12.6. The number of hydrogen-bond donors (Lipinski definition) is 2. The fourth-order valence-corrected chi connectivity index (χ4v) is 6.40. The standard InChI is InChI=1S/C34H40N6O3/c1-23-10-15-29-31(19-23)40(34(42)37-29)27-13-11-24(12-14-27)20-26(35)21-32(41)38-16-5-7-25(22-38)33-36-28-8-3-4-9-30(28)39(33)17-6-18-43-2/h3-4,8-15,19,25-26H,5-7,16-18,20-22,35H2,1-2H3,(H,37,42)/t25-,26-/m1/s1. The van der Waals surface area contributed by atoms with Gasteiger partial charge in [-0.05, 0) is 80.1 Å². The van der Waals surface area contributed by atoms with Gasteiger partial charge in [0, 0.05) is 51.7 Å². The van der Waals surface area contributed by atoms with Gasteiger partial charge < -0.3 is 24.9 Å². The molecule has 6 rings (SSSR count). The first-order chi connectivity index (χ1) is 20.9. The van der Waals surface area contributed by atoms with Crippen molar-refractivity contribution >= 4 is 28.0 Å². The number of amides is 1. The van der Waals surface area contributed by atoms with Gasteiger partial charge in [-0.2, -0.15) is 0 Å². The minimum absolute atomic E-state index is 0.0941. The van der Waals surface area contributed by atoms with Crippen molar-refractivity contribution in [3.63, 3.8) is 0 Å². The first-order valence-electron chi connectivity index (χ1n) is 15.2. The highest BCUT2D eigenvalue weighted by Gasteiger charge is 2.29. The number of H-pyrrole nitrogens is 1. The number of aryl methyl sites for hydroxylation is 2. The van der Waals surface area contributed by atoms with Gasteiger partial charge in [0.25, 0.3) is 0 Å². The van der Waals surface area contributed by atoms with E-state index in [9.17, 15) is 9.59 Å². The lowest BCUT2D eigenvalue weighted by atomic mass is 9.96. The lowest BCUT2D eigenvalue weighted by molar-refractivity contribution is -0.132. The van der Waals surface area contributed by atoms with Gasteiger partial charge in [0.2, 0.25) is 5.91 Å². The number of para-hydroxylation sites is 2. The molecule has 9 nitrogen and oxygen atoms in total. The smallest absolute Gasteiger partial charge is 0.331 e. The third-order valence-corrected chi connectivity index (χ3v) is 8.52. The number of imidazole rings is 2. The molecule has 0 radical (unpaired) electrons. The van der Waals surface area contributed by atoms with Crippen LogP contribution in [0.5, 0.6) is 0 Å². The van der Waals surface area contributed by atoms with Crippen LogP contribution in [0.4, 0.5) is 0 Å². The Morgan fingerprint density at radius 1 is 1.12 bits per heavy atom. The summed E-state index contributed by atoms with van der Waals surface area (Å²) < 4.78 is 9.30. The number of carbonyl (C=O) groups excluding carboxylic acids is 1. The monoisotopic (exact) mass is 580 g/mol. The largest absolute Gasteiger partial charge is 0.385 e. The fraction of sp³-hybridized carbons (Fsp3) is 0.382. The van der Waals surface area contributed by atoms with Gasteiger partial charge in [-0.3, -0.25) is 9.36 Å². The summed E-state index contributed by atoms with van der Waals surface area (Å²) in [5, 5.41) is 0. The molecule has 1 aliphatic heterocycles. The quantitative estimate of drug-likeness (QED) is 0.233. The number of likely N-dealkylation sites (tertiary alicyclic amines) is 1. The summed E-state index contributed by atoms with van der Waals surface area (Å²) in [6.45, 7) is 4.96. The maximum Gasteiger partial charge on any atom is 0.331 e. The number of aromatic amines is 1. The number of fused-ring (bicyclic) bond motifs is 2. The number of ether oxygens (including phenoxy) is 1. The lowest BCUT2D eigenvalue weighted by Gasteiger charge is -2.33. The molecule has 1 saturated heterocycles. The molecule has 0 saturated carbocycles. The Kier molecular flexibility index (Phi) is 8.44. The van der Waals surface area contributed by atoms with E-state index in [0.717, 1.165) is 77.1 Å². The van der Waals surface area contributed by atoms with E-state index in [1.165, 1.54) is 0 Å². The summed E-state index contributed by atoms with van der Waals surface area (Å²) in [5.74, 6) is 1.34. The van der Waals surface area contributed by atoms with E-state index >= 15 is 0 Å². The van der Waals surface area contributed by atoms with E-state index in [0.29, 0.717) is 26.0 Å². The molecule has 1 amide bonds. The second-order valence-corrected chi connectivity index (χ2v) is 11.8. The number of aromatic nitrogens is 4. The first kappa shape index (κ1) is 28.9. The molecule has 2 aromatic heterocycles. The van der Waals surface area contributed by atoms with Gasteiger partial charge in [-0.1, -0.05) is 30.3 Å². The van der Waals surface area contributed by atoms with Crippen LogP contribution < -0.4 is 11.4 Å². The number of nitrogens with two attached hydrogens (primary N) is 1. The zero-order chi connectivity index (χ0) is 29.9. The summed E-state index contributed by atoms with van der Waals surface area (Å²) in [4.78, 5) is 36.0. The van der Waals surface area contributed by atoms with E-state index in [1.807, 2.05) is 60.4 Å². The van der Waals surface area contributed by atoms with Gasteiger partial charge in [-0.25, -0.2) is 9.78 Å². The normalized spacial score (nSPS) is 16.3. The molecule has 1 aliphatic rings. The predicted octanol–water partition coefficient (Wildman–Crippen LogP) is 4.68. The molecule has 43 heavy (non-hydrogen) atoms. The SMILES string of the molecule is COCCCn1c([C@@H]2CCCN(C(=O)C[C@H](N)Cc3ccc(-n4c(=O)[nH]c5ccc(C)cc54)cc3)C2)nc2ccccc21. The molecule has 224 valence electrons. The Morgan fingerprint density at radius 2 is 1.93 bits per heavy atom. The molecule has 0 aliphatic carbocycles. The summed E-state index contributed by atoms with van der Waals surface area (Å²) in [7, 11) is 1.73. The number of nitrogens with one attached hydrogen (secondary N) is 1. The lowest BCUT2D eigenvalue weighted by Crippen LogP contribution is -2.42. The van der Waals surface area contributed by atoms with Crippen molar-refractivity contribution in [1.82, 2.24) is 24.0 Å². The topological polar surface area (TPSA) is 111 Å². The van der Waals surface area contributed by atoms with E-state index in [4.69, 9.17) is 15.5 Å². The van der Waals surface area contributed by atoms with Gasteiger partial charge in [0.05, 0.1) is 27.8 Å². The molecule has 2 atom stereocenters. The van der Waals surface area contributed by atoms with E-state index < -0.39 is 0 Å². The molecule has 3 heterocycles. The number of carbonyl (C=O) groups is 1. The Bertz CT molecular complexity index is 1780. The van der Waals surface area contributed by atoms with Crippen LogP contribution in [-0.4, -0.2) is 62.8 Å². The van der Waals surface area contributed by atoms with Crippen molar-refractivity contribution in [1.29, 1.82) is 0 Å². The summed E-state index contributed by atoms with van der Waals surface area (Å²) >= 11 is 0. The zero-order valence-corrected chi connectivity index (χ0v) is 25.0. The third kappa shape index (κ3) is 6.14. The molecule has 3 aromatic carbocycles. The van der Waals surface area contributed by atoms with Crippen LogP contribution in [0.15, 0.2) is 71.5 Å².